The Kier molecular flexibility index (Phi) is 3.42. The summed E-state index contributed by atoms with van der Waals surface area (Å²) < 4.78 is 25.9. The first-order chi connectivity index (χ1) is 12.8. The molecule has 0 unspecified atom stereocenters. The van der Waals surface area contributed by atoms with Gasteiger partial charge in [-0.05, 0) is 29.8 Å². The summed E-state index contributed by atoms with van der Waals surface area (Å²) in [7, 11) is 0. The summed E-state index contributed by atoms with van der Waals surface area (Å²) in [6.45, 7) is 0.997. The van der Waals surface area contributed by atoms with E-state index in [1.807, 2.05) is 18.2 Å². The molecule has 1 aromatic heterocycles. The molecule has 5 rings (SSSR count). The number of nitrogens with one attached hydrogen (secondary N) is 2. The third-order valence-corrected chi connectivity index (χ3v) is 5.05. The summed E-state index contributed by atoms with van der Waals surface area (Å²) >= 11 is 0. The van der Waals surface area contributed by atoms with Crippen LogP contribution in [0.5, 0.6) is 0 Å². The van der Waals surface area contributed by atoms with E-state index in [9.17, 15) is 4.39 Å². The zero-order chi connectivity index (χ0) is 17.7. The lowest BCUT2D eigenvalue weighted by atomic mass is 9.86. The van der Waals surface area contributed by atoms with Gasteiger partial charge in [-0.25, -0.2) is 4.39 Å². The average molecular weight is 350 g/mol. The fourth-order valence-corrected chi connectivity index (χ4v) is 3.88. The van der Waals surface area contributed by atoms with Gasteiger partial charge in [0.1, 0.15) is 24.1 Å². The van der Waals surface area contributed by atoms with Crippen molar-refractivity contribution >= 4 is 16.6 Å². The molecule has 3 atom stereocenters. The van der Waals surface area contributed by atoms with Crippen LogP contribution in [-0.2, 0) is 9.47 Å². The number of halogens is 1. The molecule has 6 nitrogen and oxygen atoms in total. The third kappa shape index (κ3) is 2.20. The topological polar surface area (TPSA) is 83.0 Å². The molecule has 2 N–H and O–H groups in total. The summed E-state index contributed by atoms with van der Waals surface area (Å²) in [6, 6.07) is 10.2. The molecule has 2 aromatic carbocycles. The SMILES string of the molecule is N#Cc1cc([C@@H]2Nc3ccc4[nH]ncc4c3[C@H]3OCCO[C@H]32)ccc1F. The first-order valence-corrected chi connectivity index (χ1v) is 8.41. The highest BCUT2D eigenvalue weighted by atomic mass is 19.1. The molecular weight excluding hydrogens is 335 g/mol. The molecule has 3 heterocycles. The summed E-state index contributed by atoms with van der Waals surface area (Å²) in [6.07, 6.45) is 1.24. The summed E-state index contributed by atoms with van der Waals surface area (Å²) in [5, 5.41) is 20.7. The summed E-state index contributed by atoms with van der Waals surface area (Å²) in [4.78, 5) is 0. The van der Waals surface area contributed by atoms with Gasteiger partial charge in [-0.3, -0.25) is 5.10 Å². The first-order valence-electron chi connectivity index (χ1n) is 8.41. The van der Waals surface area contributed by atoms with Crippen LogP contribution in [0.25, 0.3) is 10.9 Å². The largest absolute Gasteiger partial charge is 0.375 e. The molecule has 0 bridgehead atoms. The first kappa shape index (κ1) is 15.3. The van der Waals surface area contributed by atoms with Crippen LogP contribution in [0, 0.1) is 17.1 Å². The molecule has 0 aliphatic carbocycles. The number of anilines is 1. The number of aromatic nitrogens is 2. The number of H-pyrrole nitrogens is 1. The maximum atomic E-state index is 13.7. The van der Waals surface area contributed by atoms with Gasteiger partial charge in [0.25, 0.3) is 0 Å². The molecule has 1 fully saturated rings. The highest BCUT2D eigenvalue weighted by molar-refractivity contribution is 5.88. The lowest BCUT2D eigenvalue weighted by Crippen LogP contribution is -2.43. The zero-order valence-corrected chi connectivity index (χ0v) is 13.7. The maximum absolute atomic E-state index is 13.7. The molecule has 3 aromatic rings. The van der Waals surface area contributed by atoms with Gasteiger partial charge in [0.2, 0.25) is 0 Å². The zero-order valence-electron chi connectivity index (χ0n) is 13.7. The standard InChI is InChI=1S/C19H15FN4O2/c20-13-2-1-10(7-11(13)8-21)17-19-18(25-5-6-26-19)16-12-9-22-24-14(12)3-4-15(16)23-17/h1-4,7,9,17-19,23H,5-6H2,(H,22,24)/t17-,18+,19-/m0/s1. The van der Waals surface area contributed by atoms with Crippen LogP contribution in [0.15, 0.2) is 36.5 Å². The van der Waals surface area contributed by atoms with Crippen molar-refractivity contribution in [2.45, 2.75) is 18.2 Å². The van der Waals surface area contributed by atoms with Crippen LogP contribution in [0.1, 0.15) is 28.8 Å². The van der Waals surface area contributed by atoms with Crippen molar-refractivity contribution in [2.24, 2.45) is 0 Å². The van der Waals surface area contributed by atoms with Crippen LogP contribution in [0.3, 0.4) is 0 Å². The molecule has 0 spiro atoms. The van der Waals surface area contributed by atoms with Gasteiger partial charge in [-0.2, -0.15) is 10.4 Å². The Morgan fingerprint density at radius 2 is 2.08 bits per heavy atom. The van der Waals surface area contributed by atoms with Crippen LogP contribution in [0.2, 0.25) is 0 Å². The fourth-order valence-electron chi connectivity index (χ4n) is 3.88. The predicted octanol–water partition coefficient (Wildman–Crippen LogP) is 3.20. The monoisotopic (exact) mass is 350 g/mol. The van der Waals surface area contributed by atoms with Crippen molar-refractivity contribution in [3.05, 3.63) is 59.0 Å². The quantitative estimate of drug-likeness (QED) is 0.704. The maximum Gasteiger partial charge on any atom is 0.140 e. The molecule has 130 valence electrons. The molecule has 0 radical (unpaired) electrons. The Bertz CT molecular complexity index is 1040. The highest BCUT2D eigenvalue weighted by Crippen LogP contribution is 2.46. The summed E-state index contributed by atoms with van der Waals surface area (Å²) in [5.74, 6) is -0.523. The Labute approximate surface area is 148 Å². The molecule has 26 heavy (non-hydrogen) atoms. The van der Waals surface area contributed by atoms with Gasteiger partial charge in [-0.15, -0.1) is 0 Å². The lowest BCUT2D eigenvalue weighted by Gasteiger charge is -2.43. The Balaban J connectivity index is 1.65. The number of aromatic amines is 1. The normalized spacial score (nSPS) is 24.4. The number of benzene rings is 2. The van der Waals surface area contributed by atoms with E-state index in [4.69, 9.17) is 14.7 Å². The fraction of sp³-hybridized carbons (Fsp3) is 0.263. The van der Waals surface area contributed by atoms with E-state index in [0.717, 1.165) is 27.7 Å². The minimum Gasteiger partial charge on any atom is -0.375 e. The number of rotatable bonds is 1. The van der Waals surface area contributed by atoms with Crippen molar-refractivity contribution in [3.8, 4) is 6.07 Å². The number of nitrogens with zero attached hydrogens (tertiary/aromatic N) is 2. The molecular formula is C19H15FN4O2. The van der Waals surface area contributed by atoms with Crippen molar-refractivity contribution in [1.29, 1.82) is 5.26 Å². The summed E-state index contributed by atoms with van der Waals surface area (Å²) in [5.41, 5.74) is 3.69. The van der Waals surface area contributed by atoms with Crippen LogP contribution < -0.4 is 5.32 Å². The average Bonchev–Trinajstić information content (AvgIpc) is 3.16. The Morgan fingerprint density at radius 1 is 1.19 bits per heavy atom. The van der Waals surface area contributed by atoms with E-state index in [2.05, 4.69) is 15.5 Å². The van der Waals surface area contributed by atoms with Crippen molar-refractivity contribution in [1.82, 2.24) is 10.2 Å². The van der Waals surface area contributed by atoms with E-state index in [1.165, 1.54) is 6.07 Å². The van der Waals surface area contributed by atoms with Crippen molar-refractivity contribution < 1.29 is 13.9 Å². The molecule has 1 saturated heterocycles. The highest BCUT2D eigenvalue weighted by Gasteiger charge is 2.42. The molecule has 7 heteroatoms. The molecule has 0 saturated carbocycles. The number of hydrogen-bond donors (Lipinski definition) is 2. The molecule has 2 aliphatic rings. The van der Waals surface area contributed by atoms with E-state index in [1.54, 1.807) is 18.3 Å². The van der Waals surface area contributed by atoms with E-state index < -0.39 is 5.82 Å². The van der Waals surface area contributed by atoms with Crippen molar-refractivity contribution in [3.63, 3.8) is 0 Å². The number of ether oxygens (including phenoxy) is 2. The lowest BCUT2D eigenvalue weighted by molar-refractivity contribution is -0.150. The number of hydrogen-bond acceptors (Lipinski definition) is 5. The van der Waals surface area contributed by atoms with Gasteiger partial charge in [0.15, 0.2) is 0 Å². The number of fused-ring (bicyclic) bond motifs is 5. The second kappa shape index (κ2) is 5.80. The Hall–Kier alpha value is -2.95. The molecule has 0 amide bonds. The smallest absolute Gasteiger partial charge is 0.140 e. The Morgan fingerprint density at radius 3 is 2.96 bits per heavy atom. The third-order valence-electron chi connectivity index (χ3n) is 5.05. The second-order valence-electron chi connectivity index (χ2n) is 6.46. The van der Waals surface area contributed by atoms with Crippen LogP contribution in [-0.4, -0.2) is 29.5 Å². The van der Waals surface area contributed by atoms with Gasteiger partial charge < -0.3 is 14.8 Å². The van der Waals surface area contributed by atoms with Crippen LogP contribution >= 0.6 is 0 Å². The van der Waals surface area contributed by atoms with E-state index >= 15 is 0 Å². The van der Waals surface area contributed by atoms with E-state index in [-0.39, 0.29) is 23.8 Å². The minimum absolute atomic E-state index is 0.0219. The molecule has 2 aliphatic heterocycles. The van der Waals surface area contributed by atoms with Gasteiger partial charge in [0, 0.05) is 16.6 Å². The van der Waals surface area contributed by atoms with Gasteiger partial charge in [-0.1, -0.05) is 6.07 Å². The van der Waals surface area contributed by atoms with Crippen LogP contribution in [0.4, 0.5) is 10.1 Å². The number of nitriles is 1. The predicted molar refractivity (Wildman–Crippen MR) is 92.0 cm³/mol. The minimum atomic E-state index is -0.523. The van der Waals surface area contributed by atoms with Crippen molar-refractivity contribution in [2.75, 3.05) is 18.5 Å². The second-order valence-corrected chi connectivity index (χ2v) is 6.46. The van der Waals surface area contributed by atoms with Gasteiger partial charge >= 0.3 is 0 Å². The van der Waals surface area contributed by atoms with Gasteiger partial charge in [0.05, 0.1) is 36.5 Å². The van der Waals surface area contributed by atoms with E-state index in [0.29, 0.717) is 13.2 Å².